The van der Waals surface area contributed by atoms with E-state index < -0.39 is 17.9 Å². The molecule has 0 aromatic heterocycles. The SMILES string of the molecule is CCOC(=O)C(O)c1c(F)ccc(Br)c1OC. The first-order chi connectivity index (χ1) is 8.02. The molecule has 0 radical (unpaired) electrons. The highest BCUT2D eigenvalue weighted by Crippen LogP contribution is 2.35. The van der Waals surface area contributed by atoms with Crippen LogP contribution in [0, 0.1) is 5.82 Å². The molecule has 0 aliphatic carbocycles. The summed E-state index contributed by atoms with van der Waals surface area (Å²) in [5.74, 6) is -1.57. The molecule has 1 unspecified atom stereocenters. The highest BCUT2D eigenvalue weighted by atomic mass is 79.9. The van der Waals surface area contributed by atoms with Crippen LogP contribution in [0.15, 0.2) is 16.6 Å². The van der Waals surface area contributed by atoms with Crippen molar-refractivity contribution < 1.29 is 23.8 Å². The molecule has 1 rings (SSSR count). The molecule has 1 aromatic carbocycles. The summed E-state index contributed by atoms with van der Waals surface area (Å²) in [5, 5.41) is 9.72. The molecule has 0 amide bonds. The Balaban J connectivity index is 3.20. The molecule has 1 N–H and O–H groups in total. The van der Waals surface area contributed by atoms with Gasteiger partial charge in [-0.2, -0.15) is 0 Å². The minimum absolute atomic E-state index is 0.0746. The number of carbonyl (C=O) groups is 1. The second-order valence-electron chi connectivity index (χ2n) is 3.13. The van der Waals surface area contributed by atoms with E-state index >= 15 is 0 Å². The monoisotopic (exact) mass is 306 g/mol. The Hall–Kier alpha value is -1.14. The predicted octanol–water partition coefficient (Wildman–Crippen LogP) is 2.19. The fourth-order valence-electron chi connectivity index (χ4n) is 1.35. The summed E-state index contributed by atoms with van der Waals surface area (Å²) in [6.07, 6.45) is -1.71. The summed E-state index contributed by atoms with van der Waals surface area (Å²) in [6, 6.07) is 2.56. The Bertz CT molecular complexity index is 422. The van der Waals surface area contributed by atoms with Gasteiger partial charge in [-0.3, -0.25) is 0 Å². The first kappa shape index (κ1) is 13.9. The van der Waals surface area contributed by atoms with Gasteiger partial charge in [0.05, 0.1) is 23.8 Å². The molecule has 0 bridgehead atoms. The molecule has 0 aliphatic heterocycles. The van der Waals surface area contributed by atoms with Crippen LogP contribution in [0.2, 0.25) is 0 Å². The number of ether oxygens (including phenoxy) is 2. The lowest BCUT2D eigenvalue weighted by atomic mass is 10.1. The quantitative estimate of drug-likeness (QED) is 0.866. The predicted molar refractivity (Wildman–Crippen MR) is 62.2 cm³/mol. The molecule has 0 saturated carbocycles. The number of rotatable bonds is 4. The van der Waals surface area contributed by atoms with Gasteiger partial charge in [0.15, 0.2) is 6.10 Å². The summed E-state index contributed by atoms with van der Waals surface area (Å²) >= 11 is 3.14. The van der Waals surface area contributed by atoms with Crippen molar-refractivity contribution in [3.8, 4) is 5.75 Å². The van der Waals surface area contributed by atoms with E-state index in [2.05, 4.69) is 20.7 Å². The van der Waals surface area contributed by atoms with Gasteiger partial charge in [0.2, 0.25) is 0 Å². The number of carbonyl (C=O) groups excluding carboxylic acids is 1. The molecule has 4 nitrogen and oxygen atoms in total. The van der Waals surface area contributed by atoms with E-state index in [0.29, 0.717) is 4.47 Å². The van der Waals surface area contributed by atoms with Gasteiger partial charge in [0.25, 0.3) is 0 Å². The van der Waals surface area contributed by atoms with Crippen LogP contribution < -0.4 is 4.74 Å². The number of aliphatic hydroxyl groups excluding tert-OH is 1. The van der Waals surface area contributed by atoms with E-state index in [0.717, 1.165) is 6.07 Å². The lowest BCUT2D eigenvalue weighted by Crippen LogP contribution is -2.17. The maximum absolute atomic E-state index is 13.6. The second-order valence-corrected chi connectivity index (χ2v) is 3.99. The van der Waals surface area contributed by atoms with Gasteiger partial charge in [-0.15, -0.1) is 0 Å². The summed E-state index contributed by atoms with van der Waals surface area (Å²) in [4.78, 5) is 11.4. The van der Waals surface area contributed by atoms with Gasteiger partial charge in [0, 0.05) is 0 Å². The second kappa shape index (κ2) is 5.97. The standard InChI is InChI=1S/C11H12BrFO4/c1-3-17-11(15)9(14)8-7(13)5-4-6(12)10(8)16-2/h4-5,9,14H,3H2,1-2H3. The molecule has 1 atom stereocenters. The molecule has 1 aromatic rings. The fourth-order valence-corrected chi connectivity index (χ4v) is 1.86. The maximum atomic E-state index is 13.6. The number of hydrogen-bond donors (Lipinski definition) is 1. The number of methoxy groups -OCH3 is 1. The third-order valence-corrected chi connectivity index (χ3v) is 2.71. The van der Waals surface area contributed by atoms with Crippen molar-refractivity contribution in [3.05, 3.63) is 28.0 Å². The molecule has 6 heteroatoms. The zero-order chi connectivity index (χ0) is 13.0. The minimum Gasteiger partial charge on any atom is -0.495 e. The average Bonchev–Trinajstić information content (AvgIpc) is 2.31. The summed E-state index contributed by atoms with van der Waals surface area (Å²) in [5.41, 5.74) is -0.236. The maximum Gasteiger partial charge on any atom is 0.339 e. The number of halogens is 2. The highest BCUT2D eigenvalue weighted by molar-refractivity contribution is 9.10. The number of aliphatic hydroxyl groups is 1. The van der Waals surface area contributed by atoms with E-state index in [9.17, 15) is 14.3 Å². The lowest BCUT2D eigenvalue weighted by Gasteiger charge is -2.15. The summed E-state index contributed by atoms with van der Waals surface area (Å²) < 4.78 is 23.6. The molecule has 0 saturated heterocycles. The molecular weight excluding hydrogens is 295 g/mol. The van der Waals surface area contributed by atoms with Crippen molar-refractivity contribution in [2.24, 2.45) is 0 Å². The molecule has 0 spiro atoms. The highest BCUT2D eigenvalue weighted by Gasteiger charge is 2.27. The van der Waals surface area contributed by atoms with Crippen molar-refractivity contribution in [1.29, 1.82) is 0 Å². The van der Waals surface area contributed by atoms with Gasteiger partial charge in [-0.1, -0.05) is 0 Å². The molecule has 0 heterocycles. The first-order valence-electron chi connectivity index (χ1n) is 4.89. The van der Waals surface area contributed by atoms with Gasteiger partial charge in [-0.05, 0) is 35.0 Å². The molecule has 17 heavy (non-hydrogen) atoms. The molecule has 0 aliphatic rings. The minimum atomic E-state index is -1.71. The van der Waals surface area contributed by atoms with Crippen LogP contribution in [-0.2, 0) is 9.53 Å². The van der Waals surface area contributed by atoms with Gasteiger partial charge >= 0.3 is 5.97 Å². The topological polar surface area (TPSA) is 55.8 Å². The van der Waals surface area contributed by atoms with Crippen LogP contribution in [0.25, 0.3) is 0 Å². The largest absolute Gasteiger partial charge is 0.495 e. The van der Waals surface area contributed by atoms with Crippen molar-refractivity contribution >= 4 is 21.9 Å². The van der Waals surface area contributed by atoms with Crippen molar-refractivity contribution in [2.75, 3.05) is 13.7 Å². The number of hydrogen-bond acceptors (Lipinski definition) is 4. The van der Waals surface area contributed by atoms with Crippen LogP contribution in [0.1, 0.15) is 18.6 Å². The van der Waals surface area contributed by atoms with Crippen molar-refractivity contribution in [3.63, 3.8) is 0 Å². The fraction of sp³-hybridized carbons (Fsp3) is 0.364. The van der Waals surface area contributed by atoms with Crippen molar-refractivity contribution in [1.82, 2.24) is 0 Å². The van der Waals surface area contributed by atoms with E-state index in [4.69, 9.17) is 4.74 Å². The van der Waals surface area contributed by atoms with Crippen LogP contribution in [0.5, 0.6) is 5.75 Å². The Labute approximate surface area is 106 Å². The van der Waals surface area contributed by atoms with Crippen molar-refractivity contribution in [2.45, 2.75) is 13.0 Å². The Morgan fingerprint density at radius 1 is 1.59 bits per heavy atom. The van der Waals surface area contributed by atoms with Crippen LogP contribution in [0.4, 0.5) is 4.39 Å². The van der Waals surface area contributed by atoms with Crippen LogP contribution in [-0.4, -0.2) is 24.8 Å². The van der Waals surface area contributed by atoms with Gasteiger partial charge < -0.3 is 14.6 Å². The van der Waals surface area contributed by atoms with Gasteiger partial charge in [-0.25, -0.2) is 9.18 Å². The van der Waals surface area contributed by atoms with Crippen LogP contribution in [0.3, 0.4) is 0 Å². The van der Waals surface area contributed by atoms with E-state index in [-0.39, 0.29) is 17.9 Å². The third kappa shape index (κ3) is 2.95. The van der Waals surface area contributed by atoms with E-state index in [1.807, 2.05) is 0 Å². The normalized spacial score (nSPS) is 12.1. The molecular formula is C11H12BrFO4. The summed E-state index contributed by atoms with van der Waals surface area (Å²) in [7, 11) is 1.32. The Kier molecular flexibility index (Phi) is 4.89. The van der Waals surface area contributed by atoms with E-state index in [1.165, 1.54) is 13.2 Å². The summed E-state index contributed by atoms with van der Waals surface area (Å²) in [6.45, 7) is 1.70. The first-order valence-corrected chi connectivity index (χ1v) is 5.68. The third-order valence-electron chi connectivity index (χ3n) is 2.08. The number of benzene rings is 1. The van der Waals surface area contributed by atoms with Crippen LogP contribution >= 0.6 is 15.9 Å². The smallest absolute Gasteiger partial charge is 0.339 e. The lowest BCUT2D eigenvalue weighted by molar-refractivity contribution is -0.153. The number of esters is 1. The average molecular weight is 307 g/mol. The molecule has 94 valence electrons. The van der Waals surface area contributed by atoms with E-state index in [1.54, 1.807) is 6.92 Å². The van der Waals surface area contributed by atoms with Gasteiger partial charge in [0.1, 0.15) is 11.6 Å². The zero-order valence-corrected chi connectivity index (χ0v) is 11.0. The Morgan fingerprint density at radius 2 is 2.24 bits per heavy atom. The molecule has 0 fully saturated rings. The zero-order valence-electron chi connectivity index (χ0n) is 9.37. The Morgan fingerprint density at radius 3 is 2.76 bits per heavy atom.